The Balaban J connectivity index is 2.25. The first-order valence-corrected chi connectivity index (χ1v) is 6.72. The van der Waals surface area contributed by atoms with Gasteiger partial charge in [0.05, 0.1) is 6.04 Å². The SMILES string of the molecule is NNC(Cc1cccc(Cl)c1)c1ccccc1OC(F)F. The topological polar surface area (TPSA) is 47.3 Å². The van der Waals surface area contributed by atoms with E-state index in [2.05, 4.69) is 10.2 Å². The number of nitrogens with one attached hydrogen (secondary N) is 1. The third-order valence-electron chi connectivity index (χ3n) is 3.04. The van der Waals surface area contributed by atoms with E-state index in [0.29, 0.717) is 17.0 Å². The van der Waals surface area contributed by atoms with Crippen LogP contribution >= 0.6 is 11.6 Å². The van der Waals surface area contributed by atoms with Crippen LogP contribution in [0.1, 0.15) is 17.2 Å². The van der Waals surface area contributed by atoms with E-state index in [0.717, 1.165) is 5.56 Å². The lowest BCUT2D eigenvalue weighted by Crippen LogP contribution is -2.30. The molecule has 0 saturated heterocycles. The molecule has 1 atom stereocenters. The van der Waals surface area contributed by atoms with Crippen LogP contribution in [0.2, 0.25) is 5.02 Å². The molecule has 0 aromatic heterocycles. The van der Waals surface area contributed by atoms with Crippen molar-refractivity contribution in [2.75, 3.05) is 0 Å². The summed E-state index contributed by atoms with van der Waals surface area (Å²) in [6.07, 6.45) is 0.501. The van der Waals surface area contributed by atoms with E-state index in [-0.39, 0.29) is 11.8 Å². The minimum absolute atomic E-state index is 0.109. The highest BCUT2D eigenvalue weighted by Gasteiger charge is 2.17. The van der Waals surface area contributed by atoms with Crippen molar-refractivity contribution in [2.24, 2.45) is 5.84 Å². The van der Waals surface area contributed by atoms with Crippen LogP contribution in [0, 0.1) is 0 Å². The summed E-state index contributed by atoms with van der Waals surface area (Å²) in [6.45, 7) is -2.88. The number of rotatable bonds is 6. The van der Waals surface area contributed by atoms with Crippen molar-refractivity contribution in [1.82, 2.24) is 5.43 Å². The van der Waals surface area contributed by atoms with Gasteiger partial charge in [-0.05, 0) is 30.2 Å². The molecule has 0 fully saturated rings. The normalized spacial score (nSPS) is 12.4. The van der Waals surface area contributed by atoms with E-state index in [1.165, 1.54) is 6.07 Å². The van der Waals surface area contributed by atoms with E-state index in [1.54, 1.807) is 24.3 Å². The summed E-state index contributed by atoms with van der Waals surface area (Å²) in [5, 5.41) is 0.611. The Hall–Kier alpha value is -1.69. The molecule has 0 aliphatic heterocycles. The zero-order chi connectivity index (χ0) is 15.2. The molecular formula is C15H15ClF2N2O. The van der Waals surface area contributed by atoms with Gasteiger partial charge in [-0.1, -0.05) is 41.9 Å². The molecule has 2 aromatic carbocycles. The minimum atomic E-state index is -2.88. The predicted molar refractivity (Wildman–Crippen MR) is 78.3 cm³/mol. The first-order valence-electron chi connectivity index (χ1n) is 6.34. The number of hydrogen-bond donors (Lipinski definition) is 2. The fourth-order valence-corrected chi connectivity index (χ4v) is 2.34. The van der Waals surface area contributed by atoms with Gasteiger partial charge in [-0.2, -0.15) is 8.78 Å². The lowest BCUT2D eigenvalue weighted by atomic mass is 9.98. The van der Waals surface area contributed by atoms with Gasteiger partial charge in [-0.3, -0.25) is 11.3 Å². The number of alkyl halides is 2. The summed E-state index contributed by atoms with van der Waals surface area (Å²) in [5.41, 5.74) is 4.14. The fraction of sp³-hybridized carbons (Fsp3) is 0.200. The van der Waals surface area contributed by atoms with Gasteiger partial charge >= 0.3 is 6.61 Å². The van der Waals surface area contributed by atoms with Gasteiger partial charge in [-0.15, -0.1) is 0 Å². The third kappa shape index (κ3) is 4.39. The summed E-state index contributed by atoms with van der Waals surface area (Å²) in [5.74, 6) is 5.67. The number of para-hydroxylation sites is 1. The molecule has 0 amide bonds. The molecular weight excluding hydrogens is 298 g/mol. The van der Waals surface area contributed by atoms with Gasteiger partial charge in [0.2, 0.25) is 0 Å². The predicted octanol–water partition coefficient (Wildman–Crippen LogP) is 3.69. The molecule has 1 unspecified atom stereocenters. The second kappa shape index (κ2) is 7.36. The van der Waals surface area contributed by atoms with Crippen molar-refractivity contribution in [1.29, 1.82) is 0 Å². The molecule has 0 spiro atoms. The quantitative estimate of drug-likeness (QED) is 0.632. The van der Waals surface area contributed by atoms with Crippen molar-refractivity contribution < 1.29 is 13.5 Å². The number of ether oxygens (including phenoxy) is 1. The van der Waals surface area contributed by atoms with Crippen LogP contribution in [-0.4, -0.2) is 6.61 Å². The lowest BCUT2D eigenvalue weighted by molar-refractivity contribution is -0.0507. The molecule has 0 saturated carbocycles. The average Bonchev–Trinajstić information content (AvgIpc) is 2.45. The lowest BCUT2D eigenvalue weighted by Gasteiger charge is -2.20. The van der Waals surface area contributed by atoms with Crippen molar-refractivity contribution in [3.63, 3.8) is 0 Å². The van der Waals surface area contributed by atoms with Crippen LogP contribution in [0.5, 0.6) is 5.75 Å². The molecule has 0 heterocycles. The van der Waals surface area contributed by atoms with E-state index >= 15 is 0 Å². The standard InChI is InChI=1S/C15H15ClF2N2O/c16-11-5-3-4-10(8-11)9-13(20-19)12-6-1-2-7-14(12)21-15(17)18/h1-8,13,15,20H,9,19H2. The molecule has 2 aromatic rings. The van der Waals surface area contributed by atoms with Gasteiger partial charge in [0.15, 0.2) is 0 Å². The van der Waals surface area contributed by atoms with Crippen molar-refractivity contribution in [2.45, 2.75) is 19.1 Å². The highest BCUT2D eigenvalue weighted by Crippen LogP contribution is 2.28. The molecule has 3 nitrogen and oxygen atoms in total. The molecule has 0 bridgehead atoms. The Bertz CT molecular complexity index is 595. The van der Waals surface area contributed by atoms with Crippen LogP contribution in [0.25, 0.3) is 0 Å². The van der Waals surface area contributed by atoms with Gasteiger partial charge < -0.3 is 4.74 Å². The van der Waals surface area contributed by atoms with Crippen LogP contribution in [0.15, 0.2) is 48.5 Å². The average molecular weight is 313 g/mol. The summed E-state index contributed by atoms with van der Waals surface area (Å²) in [7, 11) is 0. The highest BCUT2D eigenvalue weighted by atomic mass is 35.5. The number of hydrazine groups is 1. The summed E-state index contributed by atoms with van der Waals surface area (Å²) in [6, 6.07) is 13.5. The maximum Gasteiger partial charge on any atom is 0.387 e. The van der Waals surface area contributed by atoms with E-state index in [9.17, 15) is 8.78 Å². The van der Waals surface area contributed by atoms with Crippen molar-refractivity contribution in [3.05, 3.63) is 64.7 Å². The number of hydrogen-bond acceptors (Lipinski definition) is 3. The molecule has 2 rings (SSSR count). The maximum atomic E-state index is 12.5. The Labute approximate surface area is 126 Å². The van der Waals surface area contributed by atoms with E-state index in [4.69, 9.17) is 17.4 Å². The van der Waals surface area contributed by atoms with Crippen LogP contribution < -0.4 is 16.0 Å². The monoisotopic (exact) mass is 312 g/mol. The van der Waals surface area contributed by atoms with Gasteiger partial charge in [-0.25, -0.2) is 0 Å². The van der Waals surface area contributed by atoms with Crippen molar-refractivity contribution >= 4 is 11.6 Å². The highest BCUT2D eigenvalue weighted by molar-refractivity contribution is 6.30. The van der Waals surface area contributed by atoms with E-state index in [1.807, 2.05) is 18.2 Å². The van der Waals surface area contributed by atoms with Gasteiger partial charge in [0, 0.05) is 10.6 Å². The number of halogens is 3. The zero-order valence-corrected chi connectivity index (χ0v) is 11.9. The number of nitrogens with two attached hydrogens (primary N) is 1. The Kier molecular flexibility index (Phi) is 5.50. The van der Waals surface area contributed by atoms with Crippen LogP contribution in [-0.2, 0) is 6.42 Å². The second-order valence-corrected chi connectivity index (χ2v) is 4.91. The smallest absolute Gasteiger partial charge is 0.387 e. The first kappa shape index (κ1) is 15.7. The molecule has 112 valence electrons. The van der Waals surface area contributed by atoms with Gasteiger partial charge in [0.1, 0.15) is 5.75 Å². The first-order chi connectivity index (χ1) is 10.1. The zero-order valence-electron chi connectivity index (χ0n) is 11.1. The fourth-order valence-electron chi connectivity index (χ4n) is 2.13. The minimum Gasteiger partial charge on any atom is -0.434 e. The number of benzene rings is 2. The van der Waals surface area contributed by atoms with E-state index < -0.39 is 6.61 Å². The van der Waals surface area contributed by atoms with Crippen molar-refractivity contribution in [3.8, 4) is 5.75 Å². The molecule has 0 radical (unpaired) electrons. The van der Waals surface area contributed by atoms with Gasteiger partial charge in [0.25, 0.3) is 0 Å². The molecule has 0 aliphatic rings. The molecule has 6 heteroatoms. The molecule has 3 N–H and O–H groups in total. The Morgan fingerprint density at radius 1 is 1.14 bits per heavy atom. The second-order valence-electron chi connectivity index (χ2n) is 4.47. The summed E-state index contributed by atoms with van der Waals surface area (Å²) in [4.78, 5) is 0. The third-order valence-corrected chi connectivity index (χ3v) is 3.28. The molecule has 0 aliphatic carbocycles. The summed E-state index contributed by atoms with van der Waals surface area (Å²) < 4.78 is 29.4. The van der Waals surface area contributed by atoms with Crippen LogP contribution in [0.3, 0.4) is 0 Å². The Morgan fingerprint density at radius 2 is 1.90 bits per heavy atom. The molecule has 21 heavy (non-hydrogen) atoms. The maximum absolute atomic E-state index is 12.5. The van der Waals surface area contributed by atoms with Crippen LogP contribution in [0.4, 0.5) is 8.78 Å². The summed E-state index contributed by atoms with van der Waals surface area (Å²) >= 11 is 5.94. The Morgan fingerprint density at radius 3 is 2.57 bits per heavy atom. The largest absolute Gasteiger partial charge is 0.434 e.